The number of hydrogen-bond donors (Lipinski definition) is 1. The summed E-state index contributed by atoms with van der Waals surface area (Å²) in [5, 5.41) is 2.38. The van der Waals surface area contributed by atoms with E-state index in [9.17, 15) is 18.0 Å². The van der Waals surface area contributed by atoms with Crippen LogP contribution in [0.3, 0.4) is 0 Å². The molecule has 0 saturated heterocycles. The molecule has 2 aromatic carbocycles. The number of hydrogen-bond acceptors (Lipinski definition) is 3. The summed E-state index contributed by atoms with van der Waals surface area (Å²) < 4.78 is 46.9. The molecule has 1 amide bonds. The lowest BCUT2D eigenvalue weighted by Gasteiger charge is -2.15. The second kappa shape index (κ2) is 7.53. The molecule has 0 spiro atoms. The van der Waals surface area contributed by atoms with E-state index >= 15 is 0 Å². The van der Waals surface area contributed by atoms with Gasteiger partial charge in [-0.3, -0.25) is 5.32 Å². The van der Waals surface area contributed by atoms with Crippen molar-refractivity contribution < 1.29 is 27.4 Å². The standard InChI is InChI=1S/C16H14F3NO3/c17-11-16(18,19)23-14-8-4-7-13(9-14)20-15(21)22-10-12-5-2-1-3-6-12/h1-9H,10-11H2,(H,20,21). The summed E-state index contributed by atoms with van der Waals surface area (Å²) in [5.41, 5.74) is 0.998. The minimum Gasteiger partial charge on any atom is -0.444 e. The first kappa shape index (κ1) is 16.7. The van der Waals surface area contributed by atoms with Crippen LogP contribution < -0.4 is 10.1 Å². The second-order valence-corrected chi connectivity index (χ2v) is 4.59. The van der Waals surface area contributed by atoms with Gasteiger partial charge in [0.1, 0.15) is 12.4 Å². The van der Waals surface area contributed by atoms with E-state index in [1.165, 1.54) is 18.2 Å². The molecule has 0 bridgehead atoms. The smallest absolute Gasteiger partial charge is 0.427 e. The van der Waals surface area contributed by atoms with Crippen LogP contribution in [0.5, 0.6) is 5.75 Å². The number of halogens is 3. The van der Waals surface area contributed by atoms with Crippen LogP contribution in [0, 0.1) is 0 Å². The van der Waals surface area contributed by atoms with Gasteiger partial charge in [0.05, 0.1) is 0 Å². The van der Waals surface area contributed by atoms with E-state index in [0.717, 1.165) is 11.6 Å². The van der Waals surface area contributed by atoms with Crippen molar-refractivity contribution in [2.24, 2.45) is 0 Å². The van der Waals surface area contributed by atoms with E-state index in [0.29, 0.717) is 0 Å². The summed E-state index contributed by atoms with van der Waals surface area (Å²) in [6.45, 7) is -1.87. The number of amides is 1. The van der Waals surface area contributed by atoms with Crippen molar-refractivity contribution in [2.75, 3.05) is 12.0 Å². The predicted molar refractivity (Wildman–Crippen MR) is 78.2 cm³/mol. The normalized spacial score (nSPS) is 10.9. The van der Waals surface area contributed by atoms with Crippen LogP contribution in [-0.2, 0) is 11.3 Å². The van der Waals surface area contributed by atoms with Crippen LogP contribution in [-0.4, -0.2) is 18.9 Å². The lowest BCUT2D eigenvalue weighted by atomic mass is 10.2. The third-order valence-corrected chi connectivity index (χ3v) is 2.72. The summed E-state index contributed by atoms with van der Waals surface area (Å²) in [6.07, 6.45) is -4.66. The molecule has 0 aliphatic heterocycles. The Balaban J connectivity index is 1.91. The maximum atomic E-state index is 12.8. The Morgan fingerprint density at radius 1 is 1.09 bits per heavy atom. The highest BCUT2D eigenvalue weighted by Crippen LogP contribution is 2.24. The van der Waals surface area contributed by atoms with Gasteiger partial charge < -0.3 is 9.47 Å². The fourth-order valence-electron chi connectivity index (χ4n) is 1.71. The van der Waals surface area contributed by atoms with Crippen molar-refractivity contribution in [1.82, 2.24) is 0 Å². The number of ether oxygens (including phenoxy) is 2. The number of rotatable bonds is 6. The van der Waals surface area contributed by atoms with Crippen LogP contribution in [0.15, 0.2) is 54.6 Å². The molecule has 4 nitrogen and oxygen atoms in total. The number of carbonyl (C=O) groups is 1. The zero-order chi connectivity index (χ0) is 16.7. The summed E-state index contributed by atoms with van der Waals surface area (Å²) >= 11 is 0. The van der Waals surface area contributed by atoms with Crippen LogP contribution in [0.25, 0.3) is 0 Å². The topological polar surface area (TPSA) is 47.6 Å². The molecule has 0 aromatic heterocycles. The van der Waals surface area contributed by atoms with Crippen LogP contribution in [0.2, 0.25) is 0 Å². The minimum absolute atomic E-state index is 0.0722. The van der Waals surface area contributed by atoms with Gasteiger partial charge in [0.25, 0.3) is 0 Å². The molecule has 0 fully saturated rings. The monoisotopic (exact) mass is 325 g/mol. The van der Waals surface area contributed by atoms with E-state index in [-0.39, 0.29) is 18.0 Å². The molecule has 2 rings (SSSR count). The van der Waals surface area contributed by atoms with E-state index in [2.05, 4.69) is 10.1 Å². The van der Waals surface area contributed by atoms with Crippen molar-refractivity contribution in [1.29, 1.82) is 0 Å². The van der Waals surface area contributed by atoms with E-state index < -0.39 is 18.9 Å². The third-order valence-electron chi connectivity index (χ3n) is 2.72. The zero-order valence-electron chi connectivity index (χ0n) is 12.0. The van der Waals surface area contributed by atoms with Crippen molar-refractivity contribution in [3.63, 3.8) is 0 Å². The van der Waals surface area contributed by atoms with Crippen LogP contribution in [0.1, 0.15) is 5.56 Å². The fraction of sp³-hybridized carbons (Fsp3) is 0.188. The van der Waals surface area contributed by atoms with Gasteiger partial charge in [-0.1, -0.05) is 36.4 Å². The Morgan fingerprint density at radius 2 is 1.83 bits per heavy atom. The Kier molecular flexibility index (Phi) is 5.46. The Labute approximate surface area is 130 Å². The Hall–Kier alpha value is -2.70. The molecule has 23 heavy (non-hydrogen) atoms. The van der Waals surface area contributed by atoms with Gasteiger partial charge in [-0.15, -0.1) is 0 Å². The summed E-state index contributed by atoms with van der Waals surface area (Å²) in [4.78, 5) is 11.7. The van der Waals surface area contributed by atoms with Gasteiger partial charge in [-0.05, 0) is 17.7 Å². The first-order valence-electron chi connectivity index (χ1n) is 6.69. The van der Waals surface area contributed by atoms with Crippen molar-refractivity contribution >= 4 is 11.8 Å². The van der Waals surface area contributed by atoms with Crippen molar-refractivity contribution in [2.45, 2.75) is 12.7 Å². The second-order valence-electron chi connectivity index (χ2n) is 4.59. The first-order chi connectivity index (χ1) is 11.0. The average Bonchev–Trinajstić information content (AvgIpc) is 2.54. The molecule has 0 atom stereocenters. The SMILES string of the molecule is O=C(Nc1cccc(OC(F)(F)CF)c1)OCc1ccccc1. The average molecular weight is 325 g/mol. The quantitative estimate of drug-likeness (QED) is 0.857. The number of alkyl halides is 3. The largest absolute Gasteiger partial charge is 0.444 e. The zero-order valence-corrected chi connectivity index (χ0v) is 12.0. The minimum atomic E-state index is -3.91. The van der Waals surface area contributed by atoms with Gasteiger partial charge >= 0.3 is 12.2 Å². The number of anilines is 1. The molecular formula is C16H14F3NO3. The predicted octanol–water partition coefficient (Wildman–Crippen LogP) is 4.38. The highest BCUT2D eigenvalue weighted by atomic mass is 19.3. The van der Waals surface area contributed by atoms with Gasteiger partial charge in [0, 0.05) is 11.8 Å². The molecule has 0 aliphatic rings. The summed E-state index contributed by atoms with van der Waals surface area (Å²) in [6, 6.07) is 14.3. The Morgan fingerprint density at radius 3 is 2.52 bits per heavy atom. The van der Waals surface area contributed by atoms with E-state index in [1.54, 1.807) is 12.1 Å². The highest BCUT2D eigenvalue weighted by molar-refractivity contribution is 5.84. The molecule has 0 saturated carbocycles. The molecule has 2 aromatic rings. The maximum Gasteiger partial charge on any atom is 0.427 e. The molecule has 7 heteroatoms. The van der Waals surface area contributed by atoms with Gasteiger partial charge in [0.15, 0.2) is 6.67 Å². The number of carbonyl (C=O) groups excluding carboxylic acids is 1. The van der Waals surface area contributed by atoms with Crippen molar-refractivity contribution in [3.05, 3.63) is 60.2 Å². The van der Waals surface area contributed by atoms with Crippen LogP contribution >= 0.6 is 0 Å². The highest BCUT2D eigenvalue weighted by Gasteiger charge is 2.31. The van der Waals surface area contributed by atoms with E-state index in [4.69, 9.17) is 4.74 Å². The lowest BCUT2D eigenvalue weighted by Crippen LogP contribution is -2.27. The van der Waals surface area contributed by atoms with Gasteiger partial charge in [-0.25, -0.2) is 9.18 Å². The first-order valence-corrected chi connectivity index (χ1v) is 6.69. The van der Waals surface area contributed by atoms with Crippen LogP contribution in [0.4, 0.5) is 23.7 Å². The molecule has 0 radical (unpaired) electrons. The number of benzene rings is 2. The molecule has 0 unspecified atom stereocenters. The molecule has 122 valence electrons. The fourth-order valence-corrected chi connectivity index (χ4v) is 1.71. The van der Waals surface area contributed by atoms with Crippen molar-refractivity contribution in [3.8, 4) is 5.75 Å². The maximum absolute atomic E-state index is 12.8. The number of nitrogens with one attached hydrogen (secondary N) is 1. The van der Waals surface area contributed by atoms with Gasteiger partial charge in [-0.2, -0.15) is 8.78 Å². The summed E-state index contributed by atoms with van der Waals surface area (Å²) in [5.74, 6) is -0.270. The van der Waals surface area contributed by atoms with E-state index in [1.807, 2.05) is 18.2 Å². The Bertz CT molecular complexity index is 650. The summed E-state index contributed by atoms with van der Waals surface area (Å²) in [7, 11) is 0. The molecule has 1 N–H and O–H groups in total. The lowest BCUT2D eigenvalue weighted by molar-refractivity contribution is -0.186. The molecular weight excluding hydrogens is 311 g/mol. The van der Waals surface area contributed by atoms with Gasteiger partial charge in [0.2, 0.25) is 0 Å². The molecule has 0 aliphatic carbocycles. The molecule has 0 heterocycles. The third kappa shape index (κ3) is 5.54.